The zero-order chi connectivity index (χ0) is 13.8. The molecule has 4 nitrogen and oxygen atoms in total. The second kappa shape index (κ2) is 5.39. The lowest BCUT2D eigenvalue weighted by atomic mass is 10.1. The molecule has 0 saturated carbocycles. The first-order valence-electron chi connectivity index (χ1n) is 5.56. The maximum atomic E-state index is 12.8. The predicted molar refractivity (Wildman–Crippen MR) is 70.5 cm³/mol. The SMILES string of the molecule is COc1ccc(C(=N)N)c(Oc2ccc(F)cc2)c1. The topological polar surface area (TPSA) is 68.3 Å². The summed E-state index contributed by atoms with van der Waals surface area (Å²) in [5.74, 6) is 0.974. The fraction of sp³-hybridized carbons (Fsp3) is 0.0714. The Bertz CT molecular complexity index is 597. The predicted octanol–water partition coefficient (Wildman–Crippen LogP) is 2.91. The van der Waals surface area contributed by atoms with Crippen molar-refractivity contribution in [1.82, 2.24) is 0 Å². The lowest BCUT2D eigenvalue weighted by molar-refractivity contribution is 0.409. The van der Waals surface area contributed by atoms with Crippen molar-refractivity contribution in [1.29, 1.82) is 5.41 Å². The minimum Gasteiger partial charge on any atom is -0.497 e. The number of benzene rings is 2. The highest BCUT2D eigenvalue weighted by Gasteiger charge is 2.09. The van der Waals surface area contributed by atoms with Crippen LogP contribution in [-0.4, -0.2) is 12.9 Å². The number of halogens is 1. The fourth-order valence-electron chi connectivity index (χ4n) is 1.57. The quantitative estimate of drug-likeness (QED) is 0.656. The number of nitrogens with two attached hydrogens (primary N) is 1. The molecular formula is C14H13FN2O2. The molecule has 2 aromatic carbocycles. The third kappa shape index (κ3) is 3.01. The van der Waals surface area contributed by atoms with Gasteiger partial charge in [0, 0.05) is 6.07 Å². The fourth-order valence-corrected chi connectivity index (χ4v) is 1.57. The molecule has 0 unspecified atom stereocenters. The molecule has 0 saturated heterocycles. The summed E-state index contributed by atoms with van der Waals surface area (Å²) in [5, 5.41) is 7.50. The molecule has 0 aliphatic rings. The van der Waals surface area contributed by atoms with E-state index in [0.29, 0.717) is 22.8 Å². The number of hydrogen-bond donors (Lipinski definition) is 2. The van der Waals surface area contributed by atoms with Gasteiger partial charge < -0.3 is 15.2 Å². The molecular weight excluding hydrogens is 247 g/mol. The first-order chi connectivity index (χ1) is 9.10. The van der Waals surface area contributed by atoms with Crippen LogP contribution < -0.4 is 15.2 Å². The Kier molecular flexibility index (Phi) is 3.66. The summed E-state index contributed by atoms with van der Waals surface area (Å²) in [6.07, 6.45) is 0. The van der Waals surface area contributed by atoms with Crippen molar-refractivity contribution in [3.63, 3.8) is 0 Å². The average Bonchev–Trinajstić information content (AvgIpc) is 2.41. The molecule has 0 aromatic heterocycles. The van der Waals surface area contributed by atoms with Crippen LogP contribution in [0.3, 0.4) is 0 Å². The number of ether oxygens (including phenoxy) is 2. The van der Waals surface area contributed by atoms with Gasteiger partial charge in [-0.2, -0.15) is 0 Å². The van der Waals surface area contributed by atoms with Gasteiger partial charge in [-0.1, -0.05) is 0 Å². The molecule has 2 rings (SSSR count). The Morgan fingerprint density at radius 2 is 1.74 bits per heavy atom. The van der Waals surface area contributed by atoms with E-state index in [0.717, 1.165) is 0 Å². The van der Waals surface area contributed by atoms with Gasteiger partial charge in [-0.15, -0.1) is 0 Å². The average molecular weight is 260 g/mol. The number of nitrogen functional groups attached to an aromatic ring is 1. The van der Waals surface area contributed by atoms with Crippen molar-refractivity contribution in [3.8, 4) is 17.2 Å². The summed E-state index contributed by atoms with van der Waals surface area (Å²) in [6, 6.07) is 10.5. The van der Waals surface area contributed by atoms with E-state index in [1.165, 1.54) is 31.4 Å². The van der Waals surface area contributed by atoms with Gasteiger partial charge in [0.05, 0.1) is 12.7 Å². The van der Waals surface area contributed by atoms with E-state index in [9.17, 15) is 4.39 Å². The molecule has 98 valence electrons. The highest BCUT2D eigenvalue weighted by atomic mass is 19.1. The van der Waals surface area contributed by atoms with E-state index in [1.54, 1.807) is 18.2 Å². The van der Waals surface area contributed by atoms with Crippen LogP contribution in [0.25, 0.3) is 0 Å². The van der Waals surface area contributed by atoms with Crippen LogP contribution >= 0.6 is 0 Å². The zero-order valence-corrected chi connectivity index (χ0v) is 10.3. The van der Waals surface area contributed by atoms with Crippen LogP contribution in [0.1, 0.15) is 5.56 Å². The third-order valence-corrected chi connectivity index (χ3v) is 2.52. The van der Waals surface area contributed by atoms with Crippen molar-refractivity contribution < 1.29 is 13.9 Å². The van der Waals surface area contributed by atoms with Crippen molar-refractivity contribution in [2.75, 3.05) is 7.11 Å². The summed E-state index contributed by atoms with van der Waals surface area (Å²) in [7, 11) is 1.53. The van der Waals surface area contributed by atoms with Gasteiger partial charge in [-0.25, -0.2) is 4.39 Å². The van der Waals surface area contributed by atoms with Gasteiger partial charge in [-0.05, 0) is 36.4 Å². The van der Waals surface area contributed by atoms with Crippen LogP contribution in [-0.2, 0) is 0 Å². The van der Waals surface area contributed by atoms with E-state index < -0.39 is 0 Å². The number of nitrogens with one attached hydrogen (secondary N) is 1. The zero-order valence-electron chi connectivity index (χ0n) is 10.3. The van der Waals surface area contributed by atoms with Crippen LogP contribution in [0, 0.1) is 11.2 Å². The van der Waals surface area contributed by atoms with E-state index in [1.807, 2.05) is 0 Å². The van der Waals surface area contributed by atoms with Crippen molar-refractivity contribution in [2.45, 2.75) is 0 Å². The van der Waals surface area contributed by atoms with Gasteiger partial charge in [0.25, 0.3) is 0 Å². The Hall–Kier alpha value is -2.56. The molecule has 0 spiro atoms. The van der Waals surface area contributed by atoms with Gasteiger partial charge in [0.15, 0.2) is 0 Å². The number of rotatable bonds is 4. The van der Waals surface area contributed by atoms with Gasteiger partial charge in [-0.3, -0.25) is 5.41 Å². The van der Waals surface area contributed by atoms with Gasteiger partial charge in [0.2, 0.25) is 0 Å². The second-order valence-corrected chi connectivity index (χ2v) is 3.83. The van der Waals surface area contributed by atoms with Crippen molar-refractivity contribution in [3.05, 3.63) is 53.8 Å². The Morgan fingerprint density at radius 1 is 1.11 bits per heavy atom. The van der Waals surface area contributed by atoms with E-state index in [2.05, 4.69) is 0 Å². The summed E-state index contributed by atoms with van der Waals surface area (Å²) < 4.78 is 23.5. The second-order valence-electron chi connectivity index (χ2n) is 3.83. The van der Waals surface area contributed by atoms with E-state index >= 15 is 0 Å². The summed E-state index contributed by atoms with van der Waals surface area (Å²) >= 11 is 0. The molecule has 3 N–H and O–H groups in total. The number of hydrogen-bond acceptors (Lipinski definition) is 3. The molecule has 5 heteroatoms. The lowest BCUT2D eigenvalue weighted by Crippen LogP contribution is -2.12. The summed E-state index contributed by atoms with van der Waals surface area (Å²) in [6.45, 7) is 0. The standard InChI is InChI=1S/C14H13FN2O2/c1-18-11-6-7-12(14(16)17)13(8-11)19-10-4-2-9(15)3-5-10/h2-8H,1H3,(H3,16,17). The third-order valence-electron chi connectivity index (χ3n) is 2.52. The molecule has 0 radical (unpaired) electrons. The largest absolute Gasteiger partial charge is 0.497 e. The first kappa shape index (κ1) is 12.9. The highest BCUT2D eigenvalue weighted by molar-refractivity contribution is 5.97. The number of methoxy groups -OCH3 is 1. The highest BCUT2D eigenvalue weighted by Crippen LogP contribution is 2.29. The van der Waals surface area contributed by atoms with Crippen molar-refractivity contribution >= 4 is 5.84 Å². The van der Waals surface area contributed by atoms with E-state index in [-0.39, 0.29) is 11.7 Å². The molecule has 19 heavy (non-hydrogen) atoms. The van der Waals surface area contributed by atoms with Crippen LogP contribution in [0.4, 0.5) is 4.39 Å². The molecule has 0 amide bonds. The van der Waals surface area contributed by atoms with E-state index in [4.69, 9.17) is 20.6 Å². The minimum absolute atomic E-state index is 0.111. The Labute approximate surface area is 110 Å². The molecule has 0 fully saturated rings. The van der Waals surface area contributed by atoms with Gasteiger partial charge in [0.1, 0.15) is 28.9 Å². The molecule has 0 bridgehead atoms. The minimum atomic E-state index is -0.343. The molecule has 0 atom stereocenters. The maximum Gasteiger partial charge on any atom is 0.142 e. The molecule has 0 aliphatic carbocycles. The van der Waals surface area contributed by atoms with Crippen LogP contribution in [0.2, 0.25) is 0 Å². The Morgan fingerprint density at radius 3 is 2.32 bits per heavy atom. The first-order valence-corrected chi connectivity index (χ1v) is 5.56. The van der Waals surface area contributed by atoms with Crippen LogP contribution in [0.5, 0.6) is 17.2 Å². The number of amidine groups is 1. The summed E-state index contributed by atoms with van der Waals surface area (Å²) in [4.78, 5) is 0. The Balaban J connectivity index is 2.36. The smallest absolute Gasteiger partial charge is 0.142 e. The van der Waals surface area contributed by atoms with Crippen LogP contribution in [0.15, 0.2) is 42.5 Å². The monoisotopic (exact) mass is 260 g/mol. The summed E-state index contributed by atoms with van der Waals surface area (Å²) in [5.41, 5.74) is 5.94. The van der Waals surface area contributed by atoms with Crippen molar-refractivity contribution in [2.24, 2.45) is 5.73 Å². The lowest BCUT2D eigenvalue weighted by Gasteiger charge is -2.11. The maximum absolute atomic E-state index is 12.8. The molecule has 2 aromatic rings. The van der Waals surface area contributed by atoms with Gasteiger partial charge >= 0.3 is 0 Å². The normalized spacial score (nSPS) is 10.0. The molecule has 0 heterocycles. The molecule has 0 aliphatic heterocycles.